The summed E-state index contributed by atoms with van der Waals surface area (Å²) in [6.45, 7) is 1.06. The van der Waals surface area contributed by atoms with Gasteiger partial charge in [0.05, 0.1) is 16.9 Å². The Hall–Kier alpha value is -2.00. The van der Waals surface area contributed by atoms with Crippen LogP contribution in [0.5, 0.6) is 0 Å². The van der Waals surface area contributed by atoms with Gasteiger partial charge in [0.1, 0.15) is 0 Å². The summed E-state index contributed by atoms with van der Waals surface area (Å²) in [7, 11) is 0. The van der Waals surface area contributed by atoms with Gasteiger partial charge in [0.25, 0.3) is 5.69 Å². The van der Waals surface area contributed by atoms with E-state index in [4.69, 9.17) is 0 Å². The number of nitro benzene ring substituents is 1. The van der Waals surface area contributed by atoms with Gasteiger partial charge in [-0.2, -0.15) is 26.3 Å². The molecule has 0 saturated carbocycles. The van der Waals surface area contributed by atoms with E-state index >= 15 is 0 Å². The van der Waals surface area contributed by atoms with Gasteiger partial charge in [0, 0.05) is 23.9 Å². The number of benzene rings is 1. The maximum Gasteiger partial charge on any atom is 0.418 e. The molecule has 0 aliphatic heterocycles. The summed E-state index contributed by atoms with van der Waals surface area (Å²) in [4.78, 5) is 9.45. The first kappa shape index (κ1) is 17.1. The molecule has 0 aromatic heterocycles. The second-order valence-corrected chi connectivity index (χ2v) is 4.35. The smallest absolute Gasteiger partial charge is 0.382 e. The van der Waals surface area contributed by atoms with Crippen LogP contribution in [0.15, 0.2) is 18.2 Å². The molecule has 1 atom stereocenters. The highest BCUT2D eigenvalue weighted by Gasteiger charge is 2.36. The number of nitrogens with zero attached hydrogens (tertiary/aromatic N) is 1. The Morgan fingerprint density at radius 2 is 1.81 bits per heavy atom. The van der Waals surface area contributed by atoms with Crippen molar-refractivity contribution in [1.29, 1.82) is 0 Å². The van der Waals surface area contributed by atoms with Crippen LogP contribution in [0.2, 0.25) is 0 Å². The van der Waals surface area contributed by atoms with Crippen LogP contribution in [0.1, 0.15) is 18.9 Å². The van der Waals surface area contributed by atoms with E-state index in [0.29, 0.717) is 0 Å². The third-order valence-corrected chi connectivity index (χ3v) is 2.46. The summed E-state index contributed by atoms with van der Waals surface area (Å²) in [5.74, 6) is 0. The minimum absolute atomic E-state index is 0.280. The molecule has 0 aliphatic rings. The monoisotopic (exact) mass is 316 g/mol. The van der Waals surface area contributed by atoms with Gasteiger partial charge < -0.3 is 5.32 Å². The third-order valence-electron chi connectivity index (χ3n) is 2.46. The molecular formula is C11H10F6N2O2. The third kappa shape index (κ3) is 5.12. The first-order chi connectivity index (χ1) is 9.40. The number of halogens is 6. The van der Waals surface area contributed by atoms with Crippen molar-refractivity contribution in [3.8, 4) is 0 Å². The predicted molar refractivity (Wildman–Crippen MR) is 61.9 cm³/mol. The first-order valence-electron chi connectivity index (χ1n) is 5.59. The van der Waals surface area contributed by atoms with E-state index in [2.05, 4.69) is 5.32 Å². The summed E-state index contributed by atoms with van der Waals surface area (Å²) < 4.78 is 74.9. The largest absolute Gasteiger partial charge is 0.418 e. The Morgan fingerprint density at radius 3 is 2.24 bits per heavy atom. The summed E-state index contributed by atoms with van der Waals surface area (Å²) in [5.41, 5.74) is -2.81. The van der Waals surface area contributed by atoms with Gasteiger partial charge >= 0.3 is 12.4 Å². The Kier molecular flexibility index (Phi) is 4.69. The number of nitro groups is 1. The van der Waals surface area contributed by atoms with Crippen LogP contribution in [0.25, 0.3) is 0 Å². The SMILES string of the molecule is CC(CC(F)(F)F)Nc1ccc([N+](=O)[O-])cc1C(F)(F)F. The average Bonchev–Trinajstić information content (AvgIpc) is 2.24. The lowest BCUT2D eigenvalue weighted by molar-refractivity contribution is -0.385. The van der Waals surface area contributed by atoms with E-state index in [1.165, 1.54) is 0 Å². The number of hydrogen-bond acceptors (Lipinski definition) is 3. The van der Waals surface area contributed by atoms with Gasteiger partial charge in [0.2, 0.25) is 0 Å². The zero-order valence-corrected chi connectivity index (χ0v) is 10.5. The van der Waals surface area contributed by atoms with Gasteiger partial charge in [-0.15, -0.1) is 0 Å². The van der Waals surface area contributed by atoms with E-state index in [1.54, 1.807) is 0 Å². The summed E-state index contributed by atoms with van der Waals surface area (Å²) in [6.07, 6.45) is -10.8. The Balaban J connectivity index is 3.09. The molecule has 0 fully saturated rings. The van der Waals surface area contributed by atoms with Crippen LogP contribution in [-0.4, -0.2) is 17.1 Å². The minimum Gasteiger partial charge on any atom is -0.382 e. The van der Waals surface area contributed by atoms with Crippen molar-refractivity contribution in [2.75, 3.05) is 5.32 Å². The van der Waals surface area contributed by atoms with Crippen LogP contribution < -0.4 is 5.32 Å². The topological polar surface area (TPSA) is 55.2 Å². The average molecular weight is 316 g/mol. The summed E-state index contributed by atoms with van der Waals surface area (Å²) >= 11 is 0. The van der Waals surface area contributed by atoms with Crippen molar-refractivity contribution in [2.24, 2.45) is 0 Å². The predicted octanol–water partition coefficient (Wildman–Crippen LogP) is 4.37. The molecule has 4 nitrogen and oxygen atoms in total. The van der Waals surface area contributed by atoms with E-state index < -0.39 is 46.7 Å². The fourth-order valence-corrected chi connectivity index (χ4v) is 1.67. The number of alkyl halides is 6. The highest BCUT2D eigenvalue weighted by atomic mass is 19.4. The molecule has 0 amide bonds. The molecule has 0 spiro atoms. The minimum atomic E-state index is -4.92. The molecule has 1 aromatic rings. The molecule has 0 bridgehead atoms. The molecular weight excluding hydrogens is 306 g/mol. The Morgan fingerprint density at radius 1 is 1.24 bits per heavy atom. The van der Waals surface area contributed by atoms with E-state index in [0.717, 1.165) is 19.1 Å². The van der Waals surface area contributed by atoms with Gasteiger partial charge in [0.15, 0.2) is 0 Å². The van der Waals surface area contributed by atoms with E-state index in [-0.39, 0.29) is 6.07 Å². The molecule has 1 aromatic carbocycles. The van der Waals surface area contributed by atoms with Crippen LogP contribution in [0.4, 0.5) is 37.7 Å². The van der Waals surface area contributed by atoms with E-state index in [1.807, 2.05) is 0 Å². The molecule has 0 saturated heterocycles. The normalized spacial score (nSPS) is 13.9. The summed E-state index contributed by atoms with van der Waals surface area (Å²) in [5, 5.41) is 12.5. The van der Waals surface area contributed by atoms with Gasteiger partial charge in [-0.05, 0) is 13.0 Å². The molecule has 1 unspecified atom stereocenters. The van der Waals surface area contributed by atoms with Crippen molar-refractivity contribution in [3.05, 3.63) is 33.9 Å². The summed E-state index contributed by atoms with van der Waals surface area (Å²) in [6, 6.07) is 0.501. The fourth-order valence-electron chi connectivity index (χ4n) is 1.67. The van der Waals surface area contributed by atoms with Crippen molar-refractivity contribution in [3.63, 3.8) is 0 Å². The molecule has 118 valence electrons. The van der Waals surface area contributed by atoms with Crippen molar-refractivity contribution < 1.29 is 31.3 Å². The lowest BCUT2D eigenvalue weighted by Crippen LogP contribution is -2.25. The maximum atomic E-state index is 12.8. The molecule has 10 heteroatoms. The molecule has 0 radical (unpaired) electrons. The highest BCUT2D eigenvalue weighted by molar-refractivity contribution is 5.57. The lowest BCUT2D eigenvalue weighted by Gasteiger charge is -2.20. The second-order valence-electron chi connectivity index (χ2n) is 4.35. The first-order valence-corrected chi connectivity index (χ1v) is 5.59. The molecule has 0 aliphatic carbocycles. The molecule has 21 heavy (non-hydrogen) atoms. The van der Waals surface area contributed by atoms with E-state index in [9.17, 15) is 36.5 Å². The number of nitrogens with one attached hydrogen (secondary N) is 1. The van der Waals surface area contributed by atoms with Crippen LogP contribution in [-0.2, 0) is 6.18 Å². The number of anilines is 1. The Bertz CT molecular complexity index is 526. The molecule has 1 N–H and O–H groups in total. The Labute approximate surface area is 114 Å². The number of hydrogen-bond donors (Lipinski definition) is 1. The zero-order valence-electron chi connectivity index (χ0n) is 10.5. The van der Waals surface area contributed by atoms with Crippen LogP contribution in [0, 0.1) is 10.1 Å². The van der Waals surface area contributed by atoms with Crippen molar-refractivity contribution in [1.82, 2.24) is 0 Å². The van der Waals surface area contributed by atoms with Crippen LogP contribution in [0.3, 0.4) is 0 Å². The zero-order chi connectivity index (χ0) is 16.4. The molecule has 1 rings (SSSR count). The quantitative estimate of drug-likeness (QED) is 0.510. The van der Waals surface area contributed by atoms with Gasteiger partial charge in [-0.1, -0.05) is 0 Å². The maximum absolute atomic E-state index is 12.8. The molecule has 0 heterocycles. The van der Waals surface area contributed by atoms with Crippen molar-refractivity contribution in [2.45, 2.75) is 31.7 Å². The van der Waals surface area contributed by atoms with Crippen LogP contribution >= 0.6 is 0 Å². The lowest BCUT2D eigenvalue weighted by atomic mass is 10.1. The number of non-ortho nitro benzene ring substituents is 1. The van der Waals surface area contributed by atoms with Gasteiger partial charge in [-0.25, -0.2) is 0 Å². The standard InChI is InChI=1S/C11H10F6N2O2/c1-6(5-10(12,13)14)18-9-3-2-7(19(20)21)4-8(9)11(15,16)17/h2-4,6,18H,5H2,1H3. The fraction of sp³-hybridized carbons (Fsp3) is 0.455. The van der Waals surface area contributed by atoms with Gasteiger partial charge in [-0.3, -0.25) is 10.1 Å². The van der Waals surface area contributed by atoms with Crippen molar-refractivity contribution >= 4 is 11.4 Å². The highest BCUT2D eigenvalue weighted by Crippen LogP contribution is 2.37. The number of rotatable bonds is 4. The second kappa shape index (κ2) is 5.78.